The molecule has 2 bridgehead atoms. The zero-order chi connectivity index (χ0) is 12.6. The Morgan fingerprint density at radius 3 is 2.65 bits per heavy atom. The lowest BCUT2D eigenvalue weighted by Crippen LogP contribution is -2.45. The van der Waals surface area contributed by atoms with E-state index in [2.05, 4.69) is 4.90 Å². The van der Waals surface area contributed by atoms with Gasteiger partial charge >= 0.3 is 5.97 Å². The fourth-order valence-electron chi connectivity index (χ4n) is 2.93. The molecule has 0 saturated carbocycles. The molecule has 0 amide bonds. The van der Waals surface area contributed by atoms with E-state index in [4.69, 9.17) is 4.74 Å². The Hall–Kier alpha value is -0.870. The number of ether oxygens (including phenoxy) is 1. The van der Waals surface area contributed by atoms with Gasteiger partial charge in [-0.2, -0.15) is 0 Å². The normalized spacial score (nSPS) is 36.7. The molecule has 2 aliphatic rings. The summed E-state index contributed by atoms with van der Waals surface area (Å²) in [5.41, 5.74) is 0.950. The number of aliphatic hydroxyl groups is 1. The zero-order valence-electron chi connectivity index (χ0n) is 10.7. The monoisotopic (exact) mass is 239 g/mol. The highest BCUT2D eigenvalue weighted by Crippen LogP contribution is 2.35. The van der Waals surface area contributed by atoms with Gasteiger partial charge in [-0.05, 0) is 27.3 Å². The molecule has 2 saturated heterocycles. The van der Waals surface area contributed by atoms with E-state index in [0.29, 0.717) is 6.04 Å². The third-order valence-electron chi connectivity index (χ3n) is 3.79. The summed E-state index contributed by atoms with van der Waals surface area (Å²) in [6.07, 6.45) is 3.61. The Kier molecular flexibility index (Phi) is 3.54. The van der Waals surface area contributed by atoms with Crippen molar-refractivity contribution in [2.24, 2.45) is 0 Å². The minimum atomic E-state index is -0.267. The van der Waals surface area contributed by atoms with Crippen molar-refractivity contribution < 1.29 is 14.6 Å². The van der Waals surface area contributed by atoms with E-state index >= 15 is 0 Å². The SMILES string of the molecule is CC(C)=CC(=O)O[C@H]1C[C@H]2C[C@H](O)[C@@H](C1)N2C. The van der Waals surface area contributed by atoms with Crippen molar-refractivity contribution in [3.8, 4) is 0 Å². The summed E-state index contributed by atoms with van der Waals surface area (Å²) in [4.78, 5) is 13.8. The Bertz CT molecular complexity index is 336. The van der Waals surface area contributed by atoms with Gasteiger partial charge in [0.2, 0.25) is 0 Å². The van der Waals surface area contributed by atoms with Crippen LogP contribution in [0.5, 0.6) is 0 Å². The molecule has 0 aromatic carbocycles. The first-order valence-electron chi connectivity index (χ1n) is 6.23. The molecular formula is C13H21NO3. The van der Waals surface area contributed by atoms with Crippen LogP contribution in [0.15, 0.2) is 11.6 Å². The van der Waals surface area contributed by atoms with Crippen molar-refractivity contribution in [1.82, 2.24) is 4.90 Å². The molecule has 4 nitrogen and oxygen atoms in total. The number of esters is 1. The van der Waals surface area contributed by atoms with Gasteiger partial charge in [0.05, 0.1) is 6.10 Å². The Labute approximate surface area is 102 Å². The minimum absolute atomic E-state index is 0.0403. The van der Waals surface area contributed by atoms with Crippen LogP contribution in [0, 0.1) is 0 Å². The van der Waals surface area contributed by atoms with E-state index in [1.807, 2.05) is 20.9 Å². The van der Waals surface area contributed by atoms with Crippen molar-refractivity contribution >= 4 is 5.97 Å². The average Bonchev–Trinajstić information content (AvgIpc) is 2.39. The van der Waals surface area contributed by atoms with Gasteiger partial charge in [-0.3, -0.25) is 4.90 Å². The van der Waals surface area contributed by atoms with Gasteiger partial charge in [-0.25, -0.2) is 4.79 Å². The first-order valence-corrected chi connectivity index (χ1v) is 6.23. The number of allylic oxidation sites excluding steroid dienone is 1. The van der Waals surface area contributed by atoms with Crippen LogP contribution in [0.4, 0.5) is 0 Å². The molecule has 0 aromatic heterocycles. The number of piperidine rings is 1. The highest BCUT2D eigenvalue weighted by molar-refractivity contribution is 5.82. The summed E-state index contributed by atoms with van der Waals surface area (Å²) in [5.74, 6) is -0.256. The van der Waals surface area contributed by atoms with Crippen molar-refractivity contribution in [3.63, 3.8) is 0 Å². The molecular weight excluding hydrogens is 218 g/mol. The van der Waals surface area contributed by atoms with Crippen molar-refractivity contribution in [1.29, 1.82) is 0 Å². The maximum Gasteiger partial charge on any atom is 0.330 e. The van der Waals surface area contributed by atoms with Crippen molar-refractivity contribution in [2.75, 3.05) is 7.05 Å². The summed E-state index contributed by atoms with van der Waals surface area (Å²) in [5, 5.41) is 9.87. The van der Waals surface area contributed by atoms with Crippen LogP contribution in [-0.2, 0) is 9.53 Å². The topological polar surface area (TPSA) is 49.8 Å². The fourth-order valence-corrected chi connectivity index (χ4v) is 2.93. The molecule has 17 heavy (non-hydrogen) atoms. The van der Waals surface area contributed by atoms with Crippen LogP contribution < -0.4 is 0 Å². The molecule has 0 aromatic rings. The summed E-state index contributed by atoms with van der Waals surface area (Å²) >= 11 is 0. The van der Waals surface area contributed by atoms with Crippen molar-refractivity contribution in [3.05, 3.63) is 11.6 Å². The zero-order valence-corrected chi connectivity index (χ0v) is 10.7. The number of fused-ring (bicyclic) bond motifs is 2. The van der Waals surface area contributed by atoms with Gasteiger partial charge < -0.3 is 9.84 Å². The average molecular weight is 239 g/mol. The second-order valence-corrected chi connectivity index (χ2v) is 5.44. The molecule has 2 rings (SSSR count). The largest absolute Gasteiger partial charge is 0.459 e. The summed E-state index contributed by atoms with van der Waals surface area (Å²) in [6.45, 7) is 3.76. The molecule has 2 heterocycles. The minimum Gasteiger partial charge on any atom is -0.459 e. The van der Waals surface area contributed by atoms with E-state index in [1.54, 1.807) is 0 Å². The molecule has 4 heteroatoms. The van der Waals surface area contributed by atoms with Crippen LogP contribution in [0.3, 0.4) is 0 Å². The summed E-state index contributed by atoms with van der Waals surface area (Å²) in [7, 11) is 2.04. The lowest BCUT2D eigenvalue weighted by atomic mass is 10.0. The number of carbonyl (C=O) groups excluding carboxylic acids is 1. The quantitative estimate of drug-likeness (QED) is 0.579. The number of rotatable bonds is 2. The van der Waals surface area contributed by atoms with E-state index < -0.39 is 0 Å². The number of nitrogens with zero attached hydrogens (tertiary/aromatic N) is 1. The maximum atomic E-state index is 11.5. The van der Waals surface area contributed by atoms with Gasteiger partial charge in [0.25, 0.3) is 0 Å². The number of aliphatic hydroxyl groups excluding tert-OH is 1. The second-order valence-electron chi connectivity index (χ2n) is 5.44. The van der Waals surface area contributed by atoms with Crippen LogP contribution in [0.2, 0.25) is 0 Å². The third kappa shape index (κ3) is 2.69. The molecule has 0 spiro atoms. The Morgan fingerprint density at radius 1 is 1.35 bits per heavy atom. The predicted octanol–water partition coefficient (Wildman–Crippen LogP) is 1.09. The second kappa shape index (κ2) is 4.78. The third-order valence-corrected chi connectivity index (χ3v) is 3.79. The van der Waals surface area contributed by atoms with E-state index in [0.717, 1.165) is 24.8 Å². The molecule has 0 aliphatic carbocycles. The van der Waals surface area contributed by atoms with E-state index in [9.17, 15) is 9.90 Å². The number of hydrogen-bond donors (Lipinski definition) is 1. The first kappa shape index (κ1) is 12.6. The lowest BCUT2D eigenvalue weighted by molar-refractivity contribution is -0.146. The fraction of sp³-hybridized carbons (Fsp3) is 0.769. The molecule has 2 aliphatic heterocycles. The summed E-state index contributed by atoms with van der Waals surface area (Å²) in [6, 6.07) is 0.506. The van der Waals surface area contributed by atoms with Gasteiger partial charge in [0, 0.05) is 31.0 Å². The van der Waals surface area contributed by atoms with Crippen LogP contribution in [0.1, 0.15) is 33.1 Å². The van der Waals surface area contributed by atoms with Gasteiger partial charge in [-0.1, -0.05) is 5.57 Å². The van der Waals surface area contributed by atoms with Crippen LogP contribution in [-0.4, -0.2) is 47.3 Å². The molecule has 0 unspecified atom stereocenters. The van der Waals surface area contributed by atoms with Crippen LogP contribution in [0.25, 0.3) is 0 Å². The molecule has 0 radical (unpaired) electrons. The first-order chi connectivity index (χ1) is 7.97. The highest BCUT2D eigenvalue weighted by Gasteiger charge is 2.45. The predicted molar refractivity (Wildman–Crippen MR) is 64.5 cm³/mol. The van der Waals surface area contributed by atoms with Crippen molar-refractivity contribution in [2.45, 2.75) is 57.4 Å². The van der Waals surface area contributed by atoms with Gasteiger partial charge in [-0.15, -0.1) is 0 Å². The lowest BCUT2D eigenvalue weighted by Gasteiger charge is -2.35. The Balaban J connectivity index is 1.94. The van der Waals surface area contributed by atoms with Crippen LogP contribution >= 0.6 is 0 Å². The summed E-state index contributed by atoms with van der Waals surface area (Å²) < 4.78 is 5.43. The van der Waals surface area contributed by atoms with Gasteiger partial charge in [0.1, 0.15) is 6.10 Å². The van der Waals surface area contributed by atoms with E-state index in [-0.39, 0.29) is 24.2 Å². The molecule has 96 valence electrons. The number of carbonyl (C=O) groups is 1. The molecule has 4 atom stereocenters. The van der Waals surface area contributed by atoms with E-state index in [1.165, 1.54) is 6.08 Å². The molecule has 1 N–H and O–H groups in total. The molecule has 2 fully saturated rings. The standard InChI is InChI=1S/C13H21NO3/c1-8(2)4-13(16)17-10-5-9-6-12(15)11(7-10)14(9)3/h4,9-12,15H,5-7H2,1-3H3/t9-,10-,11+,12-/m0/s1. The maximum absolute atomic E-state index is 11.5. The Morgan fingerprint density at radius 2 is 2.06 bits per heavy atom. The highest BCUT2D eigenvalue weighted by atomic mass is 16.5. The number of likely N-dealkylation sites (N-methyl/N-ethyl adjacent to an activating group) is 1. The van der Waals surface area contributed by atoms with Gasteiger partial charge in [0.15, 0.2) is 0 Å². The smallest absolute Gasteiger partial charge is 0.330 e. The number of hydrogen-bond acceptors (Lipinski definition) is 4.